The molecule has 2 aromatic rings. The van der Waals surface area contributed by atoms with Crippen LogP contribution in [-0.4, -0.2) is 158 Å². The summed E-state index contributed by atoms with van der Waals surface area (Å²) in [6.45, 7) is 8.55. The van der Waals surface area contributed by atoms with Gasteiger partial charge in [-0.25, -0.2) is 19.6 Å². The number of aromatic nitrogens is 2. The average molecular weight is 678 g/mol. The molecule has 3 rings (SSSR count). The molecule has 0 spiro atoms. The van der Waals surface area contributed by atoms with E-state index in [0.29, 0.717) is 124 Å². The Morgan fingerprint density at radius 2 is 1.27 bits per heavy atom. The maximum atomic E-state index is 12.2. The first kappa shape index (κ1) is 39.3. The molecule has 0 saturated carbocycles. The van der Waals surface area contributed by atoms with E-state index in [1.807, 2.05) is 12.1 Å². The number of esters is 2. The first-order valence-corrected chi connectivity index (χ1v) is 16.3. The number of nitrogens with zero attached hydrogens (tertiary/aromatic N) is 4. The third-order valence-corrected chi connectivity index (χ3v) is 7.34. The lowest BCUT2D eigenvalue weighted by molar-refractivity contribution is -0.0162. The summed E-state index contributed by atoms with van der Waals surface area (Å²) in [5.41, 5.74) is 7.43. The van der Waals surface area contributed by atoms with Crippen molar-refractivity contribution in [3.05, 3.63) is 59.2 Å². The van der Waals surface area contributed by atoms with Crippen LogP contribution < -0.4 is 5.73 Å². The molecule has 1 atom stereocenters. The van der Waals surface area contributed by atoms with Crippen molar-refractivity contribution in [2.24, 2.45) is 5.73 Å². The number of nitrogens with two attached hydrogens (primary N) is 1. The fraction of sp³-hybridized carbons (Fsp3) is 0.636. The van der Waals surface area contributed by atoms with Crippen LogP contribution >= 0.6 is 0 Å². The molecule has 0 aliphatic carbocycles. The van der Waals surface area contributed by atoms with Gasteiger partial charge in [0.2, 0.25) is 0 Å². The Kier molecular flexibility index (Phi) is 19.7. The van der Waals surface area contributed by atoms with Crippen LogP contribution in [0.5, 0.6) is 0 Å². The van der Waals surface area contributed by atoms with E-state index >= 15 is 0 Å². The van der Waals surface area contributed by atoms with Gasteiger partial charge in [0.05, 0.1) is 111 Å². The smallest absolute Gasteiger partial charge is 0.356 e. The van der Waals surface area contributed by atoms with Gasteiger partial charge in [0.25, 0.3) is 0 Å². The summed E-state index contributed by atoms with van der Waals surface area (Å²) in [5.74, 6) is -0.977. The van der Waals surface area contributed by atoms with Gasteiger partial charge in [-0.1, -0.05) is 12.1 Å². The van der Waals surface area contributed by atoms with Crippen LogP contribution in [0.15, 0.2) is 36.4 Å². The van der Waals surface area contributed by atoms with E-state index in [-0.39, 0.29) is 17.4 Å². The molecule has 0 amide bonds. The largest absolute Gasteiger partial charge is 0.464 e. The van der Waals surface area contributed by atoms with Crippen LogP contribution in [0.1, 0.15) is 38.4 Å². The molecule has 1 aliphatic heterocycles. The molecule has 2 N–H and O–H groups in total. The van der Waals surface area contributed by atoms with Gasteiger partial charge in [-0.2, -0.15) is 0 Å². The molecule has 48 heavy (non-hydrogen) atoms. The molecule has 0 aromatic carbocycles. The second-order valence-electron chi connectivity index (χ2n) is 10.7. The van der Waals surface area contributed by atoms with E-state index in [2.05, 4.69) is 19.8 Å². The van der Waals surface area contributed by atoms with Crippen LogP contribution in [0.3, 0.4) is 0 Å². The molecule has 15 nitrogen and oxygen atoms in total. The van der Waals surface area contributed by atoms with Crippen molar-refractivity contribution in [3.8, 4) is 0 Å². The highest BCUT2D eigenvalue weighted by Crippen LogP contribution is 2.20. The summed E-state index contributed by atoms with van der Waals surface area (Å²) < 4.78 is 44.8. The summed E-state index contributed by atoms with van der Waals surface area (Å²) in [4.78, 5) is 37.5. The van der Waals surface area contributed by atoms with Gasteiger partial charge in [0, 0.05) is 39.3 Å². The van der Waals surface area contributed by atoms with Gasteiger partial charge < -0.3 is 43.6 Å². The Balaban J connectivity index is 1.60. The Labute approximate surface area is 282 Å². The number of rotatable bonds is 13. The van der Waals surface area contributed by atoms with Gasteiger partial charge in [0.15, 0.2) is 0 Å². The SMILES string of the molecule is COC(=O)c1cccc(CN2CCOCCOCCN(C(COCCOCCN)c3cccc(C(=O)OC)n3)CCOCCOCC2)n1. The van der Waals surface area contributed by atoms with Crippen molar-refractivity contribution >= 4 is 11.9 Å². The molecule has 3 heterocycles. The molecule has 0 bridgehead atoms. The maximum Gasteiger partial charge on any atom is 0.356 e. The minimum Gasteiger partial charge on any atom is -0.464 e. The number of ether oxygens (including phenoxy) is 8. The maximum absolute atomic E-state index is 12.2. The summed E-state index contributed by atoms with van der Waals surface area (Å²) >= 11 is 0. The van der Waals surface area contributed by atoms with Crippen molar-refractivity contribution < 1.29 is 47.5 Å². The van der Waals surface area contributed by atoms with Crippen molar-refractivity contribution in [1.82, 2.24) is 19.8 Å². The van der Waals surface area contributed by atoms with Crippen molar-refractivity contribution in [3.63, 3.8) is 0 Å². The quantitative estimate of drug-likeness (QED) is 0.235. The van der Waals surface area contributed by atoms with Crippen molar-refractivity contribution in [2.75, 3.05) is 126 Å². The fourth-order valence-electron chi connectivity index (χ4n) is 4.83. The van der Waals surface area contributed by atoms with Gasteiger partial charge in [0.1, 0.15) is 11.4 Å². The molecular weight excluding hydrogens is 626 g/mol. The van der Waals surface area contributed by atoms with E-state index in [1.54, 1.807) is 24.3 Å². The van der Waals surface area contributed by atoms with Crippen molar-refractivity contribution in [1.29, 1.82) is 0 Å². The number of hydrogen-bond acceptors (Lipinski definition) is 15. The van der Waals surface area contributed by atoms with E-state index in [1.165, 1.54) is 14.2 Å². The first-order chi connectivity index (χ1) is 23.5. The number of hydrogen-bond donors (Lipinski definition) is 1. The van der Waals surface area contributed by atoms with Gasteiger partial charge in [-0.15, -0.1) is 0 Å². The summed E-state index contributed by atoms with van der Waals surface area (Å²) in [7, 11) is 2.67. The molecular formula is C33H51N5O10. The Hall–Kier alpha value is -3.12. The third kappa shape index (κ3) is 15.0. The number of methoxy groups -OCH3 is 2. The highest BCUT2D eigenvalue weighted by Gasteiger charge is 2.24. The Bertz CT molecular complexity index is 1170. The van der Waals surface area contributed by atoms with Crippen LogP contribution in [0.25, 0.3) is 0 Å². The predicted octanol–water partition coefficient (Wildman–Crippen LogP) is 0.967. The van der Waals surface area contributed by atoms with E-state index < -0.39 is 11.9 Å². The molecule has 1 unspecified atom stereocenters. The van der Waals surface area contributed by atoms with Crippen LogP contribution in [0.4, 0.5) is 0 Å². The van der Waals surface area contributed by atoms with Crippen LogP contribution in [0.2, 0.25) is 0 Å². The molecule has 2 aromatic heterocycles. The molecule has 0 radical (unpaired) electrons. The lowest BCUT2D eigenvalue weighted by atomic mass is 10.1. The standard InChI is InChI=1S/C33H51N5O10/c1-41-32(39)29-7-3-5-27(35-29)25-37-10-15-44-19-21-46-17-12-38(13-18-47-22-20-45-16-11-37)31(26-48-24-23-43-14-9-34)28-6-4-8-30(36-28)33(40)42-2/h3-8,31H,9-26,34H2,1-2H3. The minimum atomic E-state index is -0.509. The minimum absolute atomic E-state index is 0.221. The molecule has 268 valence electrons. The zero-order valence-electron chi connectivity index (χ0n) is 28.2. The number of carbonyl (C=O) groups excluding carboxylic acids is 2. The molecule has 1 saturated heterocycles. The lowest BCUT2D eigenvalue weighted by Crippen LogP contribution is -2.38. The average Bonchev–Trinajstić information content (AvgIpc) is 3.11. The van der Waals surface area contributed by atoms with Gasteiger partial charge >= 0.3 is 11.9 Å². The highest BCUT2D eigenvalue weighted by atomic mass is 16.5. The summed E-state index contributed by atoms with van der Waals surface area (Å²) in [6, 6.07) is 10.3. The Morgan fingerprint density at radius 3 is 1.85 bits per heavy atom. The number of pyridine rings is 2. The molecule has 1 fully saturated rings. The summed E-state index contributed by atoms with van der Waals surface area (Å²) in [5, 5.41) is 0. The van der Waals surface area contributed by atoms with Crippen molar-refractivity contribution in [2.45, 2.75) is 12.6 Å². The lowest BCUT2D eigenvalue weighted by Gasteiger charge is -2.31. The van der Waals surface area contributed by atoms with Gasteiger partial charge in [-0.3, -0.25) is 9.80 Å². The number of carbonyl (C=O) groups is 2. The topological polar surface area (TPSA) is 166 Å². The second-order valence-corrected chi connectivity index (χ2v) is 10.7. The zero-order chi connectivity index (χ0) is 34.2. The zero-order valence-corrected chi connectivity index (χ0v) is 28.2. The molecule has 1 aliphatic rings. The monoisotopic (exact) mass is 677 g/mol. The van der Waals surface area contributed by atoms with E-state index in [9.17, 15) is 9.59 Å². The Morgan fingerprint density at radius 1 is 0.729 bits per heavy atom. The van der Waals surface area contributed by atoms with E-state index in [4.69, 9.17) is 43.6 Å². The first-order valence-electron chi connectivity index (χ1n) is 16.3. The summed E-state index contributed by atoms with van der Waals surface area (Å²) in [6.07, 6.45) is 0. The highest BCUT2D eigenvalue weighted by molar-refractivity contribution is 5.87. The normalized spacial score (nSPS) is 17.6. The predicted molar refractivity (Wildman–Crippen MR) is 175 cm³/mol. The fourth-order valence-corrected chi connectivity index (χ4v) is 4.83. The second kappa shape index (κ2) is 24.1. The third-order valence-electron chi connectivity index (χ3n) is 7.34. The van der Waals surface area contributed by atoms with Gasteiger partial charge in [-0.05, 0) is 24.3 Å². The van der Waals surface area contributed by atoms with Crippen LogP contribution in [-0.2, 0) is 44.4 Å². The van der Waals surface area contributed by atoms with Crippen LogP contribution in [0, 0.1) is 0 Å². The molecule has 15 heteroatoms. The van der Waals surface area contributed by atoms with E-state index in [0.717, 1.165) is 5.69 Å².